The van der Waals surface area contributed by atoms with E-state index in [4.69, 9.17) is 0 Å². The summed E-state index contributed by atoms with van der Waals surface area (Å²) in [4.78, 5) is 25.5. The van der Waals surface area contributed by atoms with Gasteiger partial charge in [0.25, 0.3) is 0 Å². The summed E-state index contributed by atoms with van der Waals surface area (Å²) < 4.78 is 39.9. The van der Waals surface area contributed by atoms with Crippen LogP contribution < -0.4 is 4.90 Å². The zero-order valence-corrected chi connectivity index (χ0v) is 16.3. The van der Waals surface area contributed by atoms with Crippen molar-refractivity contribution in [2.45, 2.75) is 46.0 Å². The molecule has 0 atom stereocenters. The number of anilines is 1. The van der Waals surface area contributed by atoms with Crippen LogP contribution in [-0.2, 0) is 24.1 Å². The summed E-state index contributed by atoms with van der Waals surface area (Å²) in [5, 5.41) is 6.91. The summed E-state index contributed by atoms with van der Waals surface area (Å²) >= 11 is 0. The monoisotopic (exact) mass is 409 g/mol. The van der Waals surface area contributed by atoms with Crippen molar-refractivity contribution in [3.8, 4) is 0 Å². The zero-order chi connectivity index (χ0) is 20.8. The third kappa shape index (κ3) is 3.90. The fourth-order valence-electron chi connectivity index (χ4n) is 3.99. The first kappa shape index (κ1) is 19.6. The van der Waals surface area contributed by atoms with E-state index in [9.17, 15) is 18.0 Å². The van der Waals surface area contributed by atoms with Gasteiger partial charge in [0, 0.05) is 43.5 Å². The normalized spacial score (nSPS) is 18.1. The molecule has 0 N–H and O–H groups in total. The van der Waals surface area contributed by atoms with Gasteiger partial charge in [0.2, 0.25) is 17.7 Å². The number of hydrogen-bond acceptors (Lipinski definition) is 6. The summed E-state index contributed by atoms with van der Waals surface area (Å²) in [5.41, 5.74) is 1.81. The third-order valence-electron chi connectivity index (χ3n) is 5.42. The molecule has 0 bridgehead atoms. The second-order valence-electron chi connectivity index (χ2n) is 7.56. The minimum absolute atomic E-state index is 0.0335. The van der Waals surface area contributed by atoms with E-state index in [1.54, 1.807) is 4.90 Å². The number of aromatic nitrogens is 5. The number of halogens is 3. The van der Waals surface area contributed by atoms with Gasteiger partial charge in [-0.2, -0.15) is 13.2 Å². The predicted octanol–water partition coefficient (Wildman–Crippen LogP) is 1.96. The molecule has 8 nitrogen and oxygen atoms in total. The maximum Gasteiger partial charge on any atom is 0.451 e. The first-order valence-corrected chi connectivity index (χ1v) is 9.57. The second kappa shape index (κ2) is 7.27. The maximum absolute atomic E-state index is 13.0. The Morgan fingerprint density at radius 1 is 1.03 bits per heavy atom. The lowest BCUT2D eigenvalue weighted by Crippen LogP contribution is -2.46. The number of hydrogen-bond donors (Lipinski definition) is 0. The van der Waals surface area contributed by atoms with E-state index in [1.807, 2.05) is 19.9 Å². The molecule has 2 aromatic rings. The summed E-state index contributed by atoms with van der Waals surface area (Å²) in [6, 6.07) is 1.92. The highest BCUT2D eigenvalue weighted by atomic mass is 19.4. The van der Waals surface area contributed by atoms with Crippen molar-refractivity contribution in [3.05, 3.63) is 29.1 Å². The number of nitrogens with zero attached hydrogens (tertiary/aromatic N) is 7. The molecule has 4 heterocycles. The number of fused-ring (bicyclic) bond motifs is 1. The number of rotatable bonds is 2. The maximum atomic E-state index is 13.0. The number of piperidine rings is 1. The van der Waals surface area contributed by atoms with Gasteiger partial charge >= 0.3 is 6.18 Å². The van der Waals surface area contributed by atoms with Crippen molar-refractivity contribution in [3.63, 3.8) is 0 Å². The van der Waals surface area contributed by atoms with Gasteiger partial charge in [-0.05, 0) is 32.8 Å². The Balaban J connectivity index is 1.38. The summed E-state index contributed by atoms with van der Waals surface area (Å²) in [7, 11) is 0. The quantitative estimate of drug-likeness (QED) is 0.755. The fraction of sp³-hybridized carbons (Fsp3) is 0.611. The molecule has 4 rings (SSSR count). The molecule has 29 heavy (non-hydrogen) atoms. The van der Waals surface area contributed by atoms with Gasteiger partial charge in [-0.25, -0.2) is 9.97 Å². The molecule has 0 aromatic carbocycles. The van der Waals surface area contributed by atoms with Crippen LogP contribution >= 0.6 is 0 Å². The van der Waals surface area contributed by atoms with Gasteiger partial charge in [0.05, 0.1) is 6.54 Å². The summed E-state index contributed by atoms with van der Waals surface area (Å²) in [6.45, 7) is 5.53. The van der Waals surface area contributed by atoms with Crippen LogP contribution in [0.15, 0.2) is 6.07 Å². The van der Waals surface area contributed by atoms with Gasteiger partial charge in [0.15, 0.2) is 5.82 Å². The molecule has 156 valence electrons. The highest BCUT2D eigenvalue weighted by Crippen LogP contribution is 2.30. The van der Waals surface area contributed by atoms with E-state index < -0.39 is 12.0 Å². The van der Waals surface area contributed by atoms with Crippen LogP contribution in [0.4, 0.5) is 19.1 Å². The smallest absolute Gasteiger partial charge is 0.341 e. The van der Waals surface area contributed by atoms with Gasteiger partial charge in [-0.1, -0.05) is 0 Å². The molecule has 0 unspecified atom stereocenters. The Hall–Kier alpha value is -2.72. The van der Waals surface area contributed by atoms with Crippen LogP contribution in [0.25, 0.3) is 0 Å². The fourth-order valence-corrected chi connectivity index (χ4v) is 3.99. The van der Waals surface area contributed by atoms with Crippen molar-refractivity contribution in [1.82, 2.24) is 29.6 Å². The molecular weight excluding hydrogens is 387 g/mol. The third-order valence-corrected chi connectivity index (χ3v) is 5.42. The van der Waals surface area contributed by atoms with E-state index in [-0.39, 0.29) is 37.3 Å². The molecule has 11 heteroatoms. The van der Waals surface area contributed by atoms with E-state index in [2.05, 4.69) is 25.1 Å². The molecule has 2 aromatic heterocycles. The van der Waals surface area contributed by atoms with Crippen molar-refractivity contribution >= 4 is 11.9 Å². The van der Waals surface area contributed by atoms with Crippen molar-refractivity contribution in [1.29, 1.82) is 0 Å². The number of carbonyl (C=O) groups is 1. The summed E-state index contributed by atoms with van der Waals surface area (Å²) in [5.74, 6) is -0.332. The molecule has 2 aliphatic heterocycles. The molecule has 1 saturated heterocycles. The van der Waals surface area contributed by atoms with E-state index in [0.29, 0.717) is 31.9 Å². The molecular formula is C18H22F3N7O. The zero-order valence-electron chi connectivity index (χ0n) is 16.3. The van der Waals surface area contributed by atoms with Gasteiger partial charge < -0.3 is 14.4 Å². The molecule has 0 aliphatic carbocycles. The standard InChI is InChI=1S/C18H22F3N7O/c1-11-9-12(2)23-17(22-11)26-5-3-13(4-6-26)15(29)27-7-8-28-14(10-27)24-25-16(28)18(19,20)21/h9,13H,3-8,10H2,1-2H3. The second-order valence-corrected chi connectivity index (χ2v) is 7.56. The minimum Gasteiger partial charge on any atom is -0.341 e. The molecule has 1 amide bonds. The Morgan fingerprint density at radius 2 is 1.69 bits per heavy atom. The first-order valence-electron chi connectivity index (χ1n) is 9.57. The molecule has 1 fully saturated rings. The Bertz CT molecular complexity index is 898. The largest absolute Gasteiger partial charge is 0.451 e. The average Bonchev–Trinajstić information content (AvgIpc) is 3.10. The number of amides is 1. The summed E-state index contributed by atoms with van der Waals surface area (Å²) in [6.07, 6.45) is -3.22. The van der Waals surface area contributed by atoms with Crippen LogP contribution in [0.5, 0.6) is 0 Å². The number of aryl methyl sites for hydroxylation is 2. The molecule has 0 spiro atoms. The molecule has 0 saturated carbocycles. The van der Waals surface area contributed by atoms with E-state index >= 15 is 0 Å². The van der Waals surface area contributed by atoms with Gasteiger partial charge in [-0.15, -0.1) is 10.2 Å². The van der Waals surface area contributed by atoms with Crippen LogP contribution in [-0.4, -0.2) is 55.2 Å². The average molecular weight is 409 g/mol. The Morgan fingerprint density at radius 3 is 2.31 bits per heavy atom. The van der Waals surface area contributed by atoms with Gasteiger partial charge in [-0.3, -0.25) is 4.79 Å². The minimum atomic E-state index is -4.54. The highest BCUT2D eigenvalue weighted by Gasteiger charge is 2.40. The van der Waals surface area contributed by atoms with Crippen molar-refractivity contribution < 1.29 is 18.0 Å². The number of carbonyl (C=O) groups excluding carboxylic acids is 1. The van der Waals surface area contributed by atoms with Crippen molar-refractivity contribution in [2.24, 2.45) is 5.92 Å². The highest BCUT2D eigenvalue weighted by molar-refractivity contribution is 5.79. The van der Waals surface area contributed by atoms with E-state index in [0.717, 1.165) is 16.0 Å². The number of alkyl halides is 3. The van der Waals surface area contributed by atoms with Crippen LogP contribution in [0.1, 0.15) is 35.9 Å². The van der Waals surface area contributed by atoms with Crippen LogP contribution in [0.2, 0.25) is 0 Å². The Kier molecular flexibility index (Phi) is 4.91. The Labute approximate surface area is 165 Å². The lowest BCUT2D eigenvalue weighted by Gasteiger charge is -2.35. The first-order chi connectivity index (χ1) is 13.7. The topological polar surface area (TPSA) is 80.0 Å². The van der Waals surface area contributed by atoms with Crippen LogP contribution in [0, 0.1) is 19.8 Å². The SMILES string of the molecule is Cc1cc(C)nc(N2CCC(C(=O)N3CCn4c(nnc4C(F)(F)F)C3)CC2)n1. The lowest BCUT2D eigenvalue weighted by molar-refractivity contribution is -0.148. The molecule has 2 aliphatic rings. The van der Waals surface area contributed by atoms with Crippen LogP contribution in [0.3, 0.4) is 0 Å². The molecule has 0 radical (unpaired) electrons. The van der Waals surface area contributed by atoms with Crippen molar-refractivity contribution in [2.75, 3.05) is 24.5 Å². The van der Waals surface area contributed by atoms with Gasteiger partial charge in [0.1, 0.15) is 0 Å². The predicted molar refractivity (Wildman–Crippen MR) is 96.9 cm³/mol. The van der Waals surface area contributed by atoms with E-state index in [1.165, 1.54) is 0 Å². The lowest BCUT2D eigenvalue weighted by atomic mass is 9.95.